The molecule has 0 saturated heterocycles. The zero-order chi connectivity index (χ0) is 18.4. The van der Waals surface area contributed by atoms with E-state index in [2.05, 4.69) is 10.1 Å². The Labute approximate surface area is 144 Å². The monoisotopic (exact) mass is 349 g/mol. The maximum absolute atomic E-state index is 13.2. The zero-order valence-electron chi connectivity index (χ0n) is 13.9. The van der Waals surface area contributed by atoms with Crippen molar-refractivity contribution in [1.82, 2.24) is 0 Å². The smallest absolute Gasteiger partial charge is 0.337 e. The van der Waals surface area contributed by atoms with Crippen molar-refractivity contribution in [2.75, 3.05) is 19.0 Å². The van der Waals surface area contributed by atoms with E-state index >= 15 is 0 Å². The normalized spacial score (nSPS) is 11.7. The van der Waals surface area contributed by atoms with Crippen molar-refractivity contribution in [1.29, 1.82) is 0 Å². The van der Waals surface area contributed by atoms with Gasteiger partial charge < -0.3 is 15.4 Å². The standard InChI is InChI=1S/C18H18F2N2O3/c1-11(13-5-8-15(19)16(20)9-13)21-10-17(23)22-14-6-3-12(4-7-14)18(24)25-2/h3-9,11,21H,10H2,1-2H3,(H,22,23)/p+1/t11-/m0/s1. The van der Waals surface area contributed by atoms with E-state index < -0.39 is 17.6 Å². The number of nitrogens with one attached hydrogen (secondary N) is 1. The lowest BCUT2D eigenvalue weighted by Crippen LogP contribution is -2.86. The molecule has 0 heterocycles. The molecule has 0 aliphatic heterocycles. The van der Waals surface area contributed by atoms with Gasteiger partial charge in [0.25, 0.3) is 5.91 Å². The summed E-state index contributed by atoms with van der Waals surface area (Å²) < 4.78 is 30.8. The Morgan fingerprint density at radius 3 is 2.40 bits per heavy atom. The number of carbonyl (C=O) groups is 2. The highest BCUT2D eigenvalue weighted by Crippen LogP contribution is 2.13. The molecule has 0 aliphatic carbocycles. The minimum atomic E-state index is -0.909. The quantitative estimate of drug-likeness (QED) is 0.784. The summed E-state index contributed by atoms with van der Waals surface area (Å²) in [5.41, 5.74) is 1.53. The van der Waals surface area contributed by atoms with Gasteiger partial charge in [-0.05, 0) is 49.4 Å². The third kappa shape index (κ3) is 5.09. The second-order valence-electron chi connectivity index (χ2n) is 5.52. The molecule has 2 aromatic carbocycles. The molecule has 5 nitrogen and oxygen atoms in total. The molecular formula is C18H19F2N2O3+. The SMILES string of the molecule is COC(=O)c1ccc(NC(=O)C[NH2+][C@@H](C)c2ccc(F)c(F)c2)cc1. The zero-order valence-corrected chi connectivity index (χ0v) is 13.9. The number of anilines is 1. The Hall–Kier alpha value is -2.80. The predicted octanol–water partition coefficient (Wildman–Crippen LogP) is 2.01. The van der Waals surface area contributed by atoms with Crippen LogP contribution in [-0.4, -0.2) is 25.5 Å². The molecule has 3 N–H and O–H groups in total. The summed E-state index contributed by atoms with van der Waals surface area (Å²) in [6, 6.07) is 9.78. The van der Waals surface area contributed by atoms with Crippen molar-refractivity contribution in [3.63, 3.8) is 0 Å². The maximum Gasteiger partial charge on any atom is 0.337 e. The molecule has 0 unspecified atom stereocenters. The fraction of sp³-hybridized carbons (Fsp3) is 0.222. The number of esters is 1. The molecule has 1 atom stereocenters. The van der Waals surface area contributed by atoms with Crippen LogP contribution in [0.1, 0.15) is 28.9 Å². The minimum absolute atomic E-state index is 0.110. The number of hydrogen-bond acceptors (Lipinski definition) is 3. The summed E-state index contributed by atoms with van der Waals surface area (Å²) in [5, 5.41) is 4.41. The van der Waals surface area contributed by atoms with E-state index in [0.717, 1.165) is 12.1 Å². The summed E-state index contributed by atoms with van der Waals surface area (Å²) in [6.07, 6.45) is 0. The molecule has 2 aromatic rings. The van der Waals surface area contributed by atoms with Gasteiger partial charge in [0.2, 0.25) is 0 Å². The number of carbonyl (C=O) groups excluding carboxylic acids is 2. The Morgan fingerprint density at radius 1 is 1.12 bits per heavy atom. The summed E-state index contributed by atoms with van der Waals surface area (Å²) in [7, 11) is 1.29. The number of amides is 1. The van der Waals surface area contributed by atoms with Crippen molar-refractivity contribution >= 4 is 17.6 Å². The average molecular weight is 349 g/mol. The first-order chi connectivity index (χ1) is 11.9. The van der Waals surface area contributed by atoms with Crippen molar-refractivity contribution in [3.05, 3.63) is 65.2 Å². The largest absolute Gasteiger partial charge is 0.465 e. The number of halogens is 2. The van der Waals surface area contributed by atoms with Crippen molar-refractivity contribution < 1.29 is 28.4 Å². The second kappa shape index (κ2) is 8.34. The number of rotatable bonds is 6. The van der Waals surface area contributed by atoms with E-state index in [9.17, 15) is 18.4 Å². The maximum atomic E-state index is 13.2. The van der Waals surface area contributed by atoms with Crippen LogP contribution in [-0.2, 0) is 9.53 Å². The van der Waals surface area contributed by atoms with Crippen LogP contribution < -0.4 is 10.6 Å². The van der Waals surface area contributed by atoms with Gasteiger partial charge in [-0.1, -0.05) is 0 Å². The number of benzene rings is 2. The van der Waals surface area contributed by atoms with Gasteiger partial charge in [0.05, 0.1) is 12.7 Å². The van der Waals surface area contributed by atoms with Crippen molar-refractivity contribution in [3.8, 4) is 0 Å². The van der Waals surface area contributed by atoms with E-state index in [1.54, 1.807) is 36.5 Å². The number of methoxy groups -OCH3 is 1. The first-order valence-electron chi connectivity index (χ1n) is 7.67. The molecule has 0 aromatic heterocycles. The minimum Gasteiger partial charge on any atom is -0.465 e. The van der Waals surface area contributed by atoms with Crippen LogP contribution in [0.25, 0.3) is 0 Å². The molecule has 25 heavy (non-hydrogen) atoms. The van der Waals surface area contributed by atoms with Crippen molar-refractivity contribution in [2.45, 2.75) is 13.0 Å². The first-order valence-corrected chi connectivity index (χ1v) is 7.67. The van der Waals surface area contributed by atoms with E-state index in [1.807, 2.05) is 0 Å². The number of nitrogens with two attached hydrogens (primary N) is 1. The Kier molecular flexibility index (Phi) is 6.19. The van der Waals surface area contributed by atoms with Crippen LogP contribution in [0.5, 0.6) is 0 Å². The first kappa shape index (κ1) is 18.5. The summed E-state index contributed by atoms with van der Waals surface area (Å²) in [4.78, 5) is 23.3. The lowest BCUT2D eigenvalue weighted by Gasteiger charge is -2.11. The molecule has 1 amide bonds. The van der Waals surface area contributed by atoms with Crippen molar-refractivity contribution in [2.24, 2.45) is 0 Å². The van der Waals surface area contributed by atoms with Gasteiger partial charge in [-0.15, -0.1) is 0 Å². The van der Waals surface area contributed by atoms with E-state index in [-0.39, 0.29) is 18.5 Å². The van der Waals surface area contributed by atoms with Gasteiger partial charge in [-0.3, -0.25) is 4.79 Å². The summed E-state index contributed by atoms with van der Waals surface area (Å²) in [5.74, 6) is -2.51. The van der Waals surface area contributed by atoms with E-state index in [4.69, 9.17) is 0 Å². The highest BCUT2D eigenvalue weighted by atomic mass is 19.2. The molecule has 2 rings (SSSR count). The third-order valence-electron chi connectivity index (χ3n) is 3.72. The molecule has 0 saturated carbocycles. The van der Waals surface area contributed by atoms with Crippen LogP contribution in [0.2, 0.25) is 0 Å². The molecule has 0 aliphatic rings. The fourth-order valence-electron chi connectivity index (χ4n) is 2.24. The Balaban J connectivity index is 1.87. The van der Waals surface area contributed by atoms with Gasteiger partial charge in [-0.25, -0.2) is 13.6 Å². The molecule has 0 radical (unpaired) electrons. The second-order valence-corrected chi connectivity index (χ2v) is 5.52. The van der Waals surface area contributed by atoms with Gasteiger partial charge in [0, 0.05) is 11.3 Å². The lowest BCUT2D eigenvalue weighted by atomic mass is 10.1. The highest BCUT2D eigenvalue weighted by molar-refractivity contribution is 5.93. The fourth-order valence-corrected chi connectivity index (χ4v) is 2.24. The summed E-state index contributed by atoms with van der Waals surface area (Å²) in [6.45, 7) is 1.91. The third-order valence-corrected chi connectivity index (χ3v) is 3.72. The van der Waals surface area contributed by atoms with Gasteiger partial charge >= 0.3 is 5.97 Å². The summed E-state index contributed by atoms with van der Waals surface area (Å²) >= 11 is 0. The van der Waals surface area contributed by atoms with Crippen LogP contribution in [0.3, 0.4) is 0 Å². The predicted molar refractivity (Wildman–Crippen MR) is 88.0 cm³/mol. The van der Waals surface area contributed by atoms with Gasteiger partial charge in [0.1, 0.15) is 6.04 Å². The Bertz CT molecular complexity index is 763. The molecule has 0 spiro atoms. The van der Waals surface area contributed by atoms with Gasteiger partial charge in [0.15, 0.2) is 18.2 Å². The van der Waals surface area contributed by atoms with Gasteiger partial charge in [-0.2, -0.15) is 0 Å². The molecule has 0 fully saturated rings. The Morgan fingerprint density at radius 2 is 1.80 bits per heavy atom. The average Bonchev–Trinajstić information content (AvgIpc) is 2.62. The van der Waals surface area contributed by atoms with Crippen LogP contribution in [0, 0.1) is 11.6 Å². The molecule has 7 heteroatoms. The molecule has 0 bridgehead atoms. The number of quaternary nitrogens is 1. The van der Waals surface area contributed by atoms with E-state index in [0.29, 0.717) is 16.8 Å². The molecular weight excluding hydrogens is 330 g/mol. The van der Waals surface area contributed by atoms with E-state index in [1.165, 1.54) is 13.2 Å². The van der Waals surface area contributed by atoms with Crippen LogP contribution >= 0.6 is 0 Å². The number of hydrogen-bond donors (Lipinski definition) is 2. The van der Waals surface area contributed by atoms with Crippen LogP contribution in [0.4, 0.5) is 14.5 Å². The topological polar surface area (TPSA) is 72.0 Å². The lowest BCUT2D eigenvalue weighted by molar-refractivity contribution is -0.682. The molecule has 132 valence electrons. The highest BCUT2D eigenvalue weighted by Gasteiger charge is 2.14. The number of ether oxygens (including phenoxy) is 1. The van der Waals surface area contributed by atoms with Crippen LogP contribution in [0.15, 0.2) is 42.5 Å².